The molecule has 1 aliphatic rings. The molecule has 0 unspecified atom stereocenters. The first-order chi connectivity index (χ1) is 18.0. The molecule has 3 aromatic carbocycles. The lowest BCUT2D eigenvalue weighted by atomic mass is 10.1. The van der Waals surface area contributed by atoms with E-state index in [9.17, 15) is 9.59 Å². The Morgan fingerprint density at radius 2 is 1.92 bits per heavy atom. The summed E-state index contributed by atoms with van der Waals surface area (Å²) >= 11 is 0. The Labute approximate surface area is 215 Å². The van der Waals surface area contributed by atoms with Crippen LogP contribution in [-0.2, 0) is 28.9 Å². The lowest BCUT2D eigenvalue weighted by Gasteiger charge is -2.22. The van der Waals surface area contributed by atoms with Gasteiger partial charge in [0.25, 0.3) is 5.91 Å². The summed E-state index contributed by atoms with van der Waals surface area (Å²) in [5.41, 5.74) is 4.76. The van der Waals surface area contributed by atoms with Crippen molar-refractivity contribution in [2.75, 3.05) is 32.6 Å². The van der Waals surface area contributed by atoms with Crippen LogP contribution in [0.5, 0.6) is 5.75 Å². The highest BCUT2D eigenvalue weighted by atomic mass is 16.5. The fraction of sp³-hybridized carbons (Fsp3) is 0.276. The van der Waals surface area contributed by atoms with Gasteiger partial charge in [-0.2, -0.15) is 0 Å². The van der Waals surface area contributed by atoms with Gasteiger partial charge in [-0.05, 0) is 35.7 Å². The first-order valence-corrected chi connectivity index (χ1v) is 12.3. The lowest BCUT2D eigenvalue weighted by Crippen LogP contribution is -2.36. The number of nitrogens with zero attached hydrogens (tertiary/aromatic N) is 3. The number of nitrogens with one attached hydrogen (secondary N) is 1. The van der Waals surface area contributed by atoms with E-state index in [1.165, 1.54) is 12.7 Å². The third kappa shape index (κ3) is 5.49. The van der Waals surface area contributed by atoms with Gasteiger partial charge < -0.3 is 24.3 Å². The zero-order valence-corrected chi connectivity index (χ0v) is 21.0. The Hall–Kier alpha value is -4.17. The zero-order valence-electron chi connectivity index (χ0n) is 21.0. The van der Waals surface area contributed by atoms with Crippen molar-refractivity contribution in [3.63, 3.8) is 0 Å². The van der Waals surface area contributed by atoms with E-state index < -0.39 is 0 Å². The molecule has 0 radical (unpaired) electrons. The van der Waals surface area contributed by atoms with Gasteiger partial charge in [0.2, 0.25) is 5.91 Å². The predicted molar refractivity (Wildman–Crippen MR) is 142 cm³/mol. The highest BCUT2D eigenvalue weighted by Gasteiger charge is 2.26. The quantitative estimate of drug-likeness (QED) is 0.378. The molecule has 4 aromatic rings. The first kappa shape index (κ1) is 24.5. The Morgan fingerprint density at radius 1 is 1.14 bits per heavy atom. The first-order valence-electron chi connectivity index (χ1n) is 12.3. The van der Waals surface area contributed by atoms with Gasteiger partial charge in [-0.3, -0.25) is 9.59 Å². The highest BCUT2D eigenvalue weighted by molar-refractivity contribution is 6.05. The van der Waals surface area contributed by atoms with Gasteiger partial charge in [-0.1, -0.05) is 48.5 Å². The normalized spacial score (nSPS) is 14.3. The Kier molecular flexibility index (Phi) is 7.18. The van der Waals surface area contributed by atoms with E-state index in [4.69, 9.17) is 9.47 Å². The smallest absolute Gasteiger partial charge is 0.253 e. The summed E-state index contributed by atoms with van der Waals surface area (Å²) < 4.78 is 13.0. The number of hydrogen-bond acceptors (Lipinski definition) is 5. The number of fused-ring (bicyclic) bond motifs is 2. The van der Waals surface area contributed by atoms with Crippen molar-refractivity contribution in [1.82, 2.24) is 14.5 Å². The molecule has 1 aromatic heterocycles. The number of hydrogen-bond donors (Lipinski definition) is 1. The second-order valence-electron chi connectivity index (χ2n) is 9.28. The standard InChI is InChI=1S/C29H30N4O4/c1-32(17-23-14-21-10-6-7-11-26(21)37-23)29(35)22-15-24-28(25(16-22)31-27(34)18-36-2)33(19-30-24)13-12-20-8-4-3-5-9-20/h3-11,15-16,19,23H,12-14,17-18H2,1-2H3,(H,31,34)/t23-/m1/s1. The SMILES string of the molecule is COCC(=O)Nc1cc(C(=O)N(C)C[C@H]2Cc3ccccc3O2)cc2ncn(CCc3ccccc3)c12. The maximum absolute atomic E-state index is 13.4. The van der Waals surface area contributed by atoms with E-state index in [-0.39, 0.29) is 24.5 Å². The fourth-order valence-electron chi connectivity index (χ4n) is 4.77. The van der Waals surface area contributed by atoms with Gasteiger partial charge in [0.1, 0.15) is 18.5 Å². The van der Waals surface area contributed by atoms with E-state index in [0.29, 0.717) is 29.9 Å². The number of aromatic nitrogens is 2. The molecular weight excluding hydrogens is 468 g/mol. The van der Waals surface area contributed by atoms with Crippen LogP contribution >= 0.6 is 0 Å². The van der Waals surface area contributed by atoms with Crippen LogP contribution in [0.2, 0.25) is 0 Å². The number of imidazole rings is 1. The van der Waals surface area contributed by atoms with Crippen molar-refractivity contribution >= 4 is 28.5 Å². The second-order valence-corrected chi connectivity index (χ2v) is 9.28. The Morgan fingerprint density at radius 3 is 2.70 bits per heavy atom. The summed E-state index contributed by atoms with van der Waals surface area (Å²) in [6, 6.07) is 21.6. The van der Waals surface area contributed by atoms with Crippen molar-refractivity contribution < 1.29 is 19.1 Å². The van der Waals surface area contributed by atoms with Crippen LogP contribution in [0.3, 0.4) is 0 Å². The molecule has 2 heterocycles. The highest BCUT2D eigenvalue weighted by Crippen LogP contribution is 2.29. The number of anilines is 1. The number of ether oxygens (including phenoxy) is 2. The van der Waals surface area contributed by atoms with Crippen LogP contribution in [0.25, 0.3) is 11.0 Å². The summed E-state index contributed by atoms with van der Waals surface area (Å²) in [5.74, 6) is 0.413. The van der Waals surface area contributed by atoms with Gasteiger partial charge in [0.05, 0.1) is 29.6 Å². The number of amides is 2. The van der Waals surface area contributed by atoms with Crippen LogP contribution in [0.4, 0.5) is 5.69 Å². The third-order valence-corrected chi connectivity index (χ3v) is 6.53. The van der Waals surface area contributed by atoms with Gasteiger partial charge in [-0.25, -0.2) is 4.98 Å². The lowest BCUT2D eigenvalue weighted by molar-refractivity contribution is -0.119. The van der Waals surface area contributed by atoms with E-state index in [1.807, 2.05) is 47.0 Å². The molecular formula is C29H30N4O4. The van der Waals surface area contributed by atoms with E-state index in [0.717, 1.165) is 29.7 Å². The minimum absolute atomic E-state index is 0.0860. The molecule has 1 aliphatic heterocycles. The molecule has 2 amide bonds. The van der Waals surface area contributed by atoms with Crippen molar-refractivity contribution in [1.29, 1.82) is 0 Å². The van der Waals surface area contributed by atoms with Crippen molar-refractivity contribution in [2.24, 2.45) is 0 Å². The molecule has 0 aliphatic carbocycles. The van der Waals surface area contributed by atoms with Crippen LogP contribution in [-0.4, -0.2) is 59.7 Å². The predicted octanol–water partition coefficient (Wildman–Crippen LogP) is 3.94. The number of rotatable bonds is 9. The van der Waals surface area contributed by atoms with Crippen LogP contribution < -0.4 is 10.1 Å². The van der Waals surface area contributed by atoms with E-state index in [1.54, 1.807) is 30.4 Å². The molecule has 1 atom stereocenters. The zero-order chi connectivity index (χ0) is 25.8. The molecule has 5 rings (SSSR count). The number of para-hydroxylation sites is 1. The molecule has 0 saturated heterocycles. The number of aryl methyl sites for hydroxylation is 2. The number of benzene rings is 3. The van der Waals surface area contributed by atoms with Gasteiger partial charge in [0.15, 0.2) is 0 Å². The third-order valence-electron chi connectivity index (χ3n) is 6.53. The molecule has 0 spiro atoms. The minimum atomic E-state index is -0.297. The minimum Gasteiger partial charge on any atom is -0.488 e. The summed E-state index contributed by atoms with van der Waals surface area (Å²) in [4.78, 5) is 32.1. The van der Waals surface area contributed by atoms with Gasteiger partial charge >= 0.3 is 0 Å². The maximum Gasteiger partial charge on any atom is 0.253 e. The van der Waals surface area contributed by atoms with Gasteiger partial charge in [-0.15, -0.1) is 0 Å². The molecule has 0 bridgehead atoms. The molecule has 8 heteroatoms. The van der Waals surface area contributed by atoms with Crippen LogP contribution in [0.15, 0.2) is 73.1 Å². The molecule has 1 N–H and O–H groups in total. The number of carbonyl (C=O) groups excluding carboxylic acids is 2. The Bertz CT molecular complexity index is 1390. The molecule has 0 fully saturated rings. The summed E-state index contributed by atoms with van der Waals surface area (Å²) in [7, 11) is 3.23. The number of likely N-dealkylation sites (N-methyl/N-ethyl adjacent to an activating group) is 1. The van der Waals surface area contributed by atoms with Crippen LogP contribution in [0.1, 0.15) is 21.5 Å². The largest absolute Gasteiger partial charge is 0.488 e. The van der Waals surface area contributed by atoms with Crippen molar-refractivity contribution in [3.05, 3.63) is 89.7 Å². The average Bonchev–Trinajstić information content (AvgIpc) is 3.51. The molecule has 37 heavy (non-hydrogen) atoms. The van der Waals surface area contributed by atoms with E-state index >= 15 is 0 Å². The second kappa shape index (κ2) is 10.8. The fourth-order valence-corrected chi connectivity index (χ4v) is 4.77. The summed E-state index contributed by atoms with van der Waals surface area (Å²) in [6.07, 6.45) is 3.22. The van der Waals surface area contributed by atoms with Crippen LogP contribution in [0, 0.1) is 0 Å². The summed E-state index contributed by atoms with van der Waals surface area (Å²) in [5, 5.41) is 2.91. The van der Waals surface area contributed by atoms with E-state index in [2.05, 4.69) is 22.4 Å². The molecule has 190 valence electrons. The average molecular weight is 499 g/mol. The Balaban J connectivity index is 1.38. The number of methoxy groups -OCH3 is 1. The molecule has 8 nitrogen and oxygen atoms in total. The van der Waals surface area contributed by atoms with Crippen molar-refractivity contribution in [2.45, 2.75) is 25.5 Å². The topological polar surface area (TPSA) is 85.7 Å². The van der Waals surface area contributed by atoms with Crippen molar-refractivity contribution in [3.8, 4) is 5.75 Å². The molecule has 0 saturated carbocycles. The number of carbonyl (C=O) groups is 2. The van der Waals surface area contributed by atoms with Gasteiger partial charge in [0, 0.05) is 32.7 Å². The summed E-state index contributed by atoms with van der Waals surface area (Å²) in [6.45, 7) is 1.04. The monoisotopic (exact) mass is 498 g/mol. The maximum atomic E-state index is 13.4.